The molecule has 0 fully saturated rings. The minimum absolute atomic E-state index is 0.0388. The zero-order valence-corrected chi connectivity index (χ0v) is 12.6. The van der Waals surface area contributed by atoms with Gasteiger partial charge < -0.3 is 14.8 Å². The molecule has 1 N–H and O–H groups in total. The van der Waals surface area contributed by atoms with Crippen molar-refractivity contribution in [2.75, 3.05) is 10.2 Å². The fourth-order valence-corrected chi connectivity index (χ4v) is 3.09. The Balaban J connectivity index is 1.73. The number of rotatable bonds is 3. The quantitative estimate of drug-likeness (QED) is 0.756. The maximum absolute atomic E-state index is 12.7. The van der Waals surface area contributed by atoms with Crippen LogP contribution >= 0.6 is 0 Å². The van der Waals surface area contributed by atoms with Crippen LogP contribution in [0.2, 0.25) is 0 Å². The Kier molecular flexibility index (Phi) is 2.94. The number of amides is 2. The van der Waals surface area contributed by atoms with Crippen LogP contribution in [0, 0.1) is 0 Å². The molecule has 0 radical (unpaired) electrons. The molecule has 1 aromatic heterocycles. The summed E-state index contributed by atoms with van der Waals surface area (Å²) in [6, 6.07) is 13.5. The predicted molar refractivity (Wildman–Crippen MR) is 89.6 cm³/mol. The minimum atomic E-state index is -0.0388. The number of hydrogen-bond donors (Lipinski definition) is 1. The zero-order chi connectivity index (χ0) is 16.0. The van der Waals surface area contributed by atoms with Crippen LogP contribution in [-0.4, -0.2) is 16.9 Å². The van der Waals surface area contributed by atoms with E-state index in [0.717, 1.165) is 22.2 Å². The fourth-order valence-electron chi connectivity index (χ4n) is 3.09. The van der Waals surface area contributed by atoms with E-state index in [9.17, 15) is 9.59 Å². The Morgan fingerprint density at radius 3 is 2.83 bits per heavy atom. The molecule has 0 unspecified atom stereocenters. The SMILES string of the molecule is Cn1ccc2ccc(N3Cc4ccc(NC=O)cc4C3=O)cc21. The maximum Gasteiger partial charge on any atom is 0.259 e. The van der Waals surface area contributed by atoms with Gasteiger partial charge in [-0.15, -0.1) is 0 Å². The van der Waals surface area contributed by atoms with Crippen molar-refractivity contribution in [2.24, 2.45) is 7.05 Å². The summed E-state index contributed by atoms with van der Waals surface area (Å²) in [5.41, 5.74) is 4.22. The van der Waals surface area contributed by atoms with Gasteiger partial charge in [0, 0.05) is 35.7 Å². The highest BCUT2D eigenvalue weighted by atomic mass is 16.2. The lowest BCUT2D eigenvalue weighted by molar-refractivity contribution is -0.105. The third kappa shape index (κ3) is 2.09. The van der Waals surface area contributed by atoms with E-state index in [1.54, 1.807) is 11.0 Å². The van der Waals surface area contributed by atoms with Crippen LogP contribution in [0.4, 0.5) is 11.4 Å². The number of anilines is 2. The standard InChI is InChI=1S/C18H15N3O2/c1-20-7-6-12-3-5-15(9-17(12)20)21-10-13-2-4-14(19-11-22)8-16(13)18(21)23/h2-9,11H,10H2,1H3,(H,19,22). The molecule has 5 nitrogen and oxygen atoms in total. The van der Waals surface area contributed by atoms with Crippen molar-refractivity contribution in [1.29, 1.82) is 0 Å². The fraction of sp³-hybridized carbons (Fsp3) is 0.111. The molecule has 114 valence electrons. The summed E-state index contributed by atoms with van der Waals surface area (Å²) in [5, 5.41) is 3.74. The summed E-state index contributed by atoms with van der Waals surface area (Å²) in [5.74, 6) is -0.0388. The number of hydrogen-bond acceptors (Lipinski definition) is 2. The van der Waals surface area contributed by atoms with E-state index in [1.165, 1.54) is 0 Å². The van der Waals surface area contributed by atoms with Crippen LogP contribution < -0.4 is 10.2 Å². The van der Waals surface area contributed by atoms with Gasteiger partial charge in [0.1, 0.15) is 0 Å². The van der Waals surface area contributed by atoms with Crippen LogP contribution in [0.3, 0.4) is 0 Å². The second-order valence-corrected chi connectivity index (χ2v) is 5.70. The van der Waals surface area contributed by atoms with E-state index in [2.05, 4.69) is 11.4 Å². The number of carbonyl (C=O) groups is 2. The minimum Gasteiger partial charge on any atom is -0.350 e. The average Bonchev–Trinajstić information content (AvgIpc) is 3.09. The summed E-state index contributed by atoms with van der Waals surface area (Å²) in [4.78, 5) is 25.0. The zero-order valence-electron chi connectivity index (χ0n) is 12.6. The van der Waals surface area contributed by atoms with E-state index in [1.807, 2.05) is 48.1 Å². The number of nitrogens with zero attached hydrogens (tertiary/aromatic N) is 2. The lowest BCUT2D eigenvalue weighted by Crippen LogP contribution is -2.22. The van der Waals surface area contributed by atoms with E-state index in [-0.39, 0.29) is 5.91 Å². The molecule has 2 heterocycles. The van der Waals surface area contributed by atoms with Gasteiger partial charge in [0.05, 0.1) is 6.54 Å². The lowest BCUT2D eigenvalue weighted by atomic mass is 10.1. The topological polar surface area (TPSA) is 54.3 Å². The van der Waals surface area contributed by atoms with Gasteiger partial charge in [0.15, 0.2) is 0 Å². The van der Waals surface area contributed by atoms with Gasteiger partial charge in [0.25, 0.3) is 5.91 Å². The summed E-state index contributed by atoms with van der Waals surface area (Å²) in [7, 11) is 1.99. The third-order valence-electron chi connectivity index (χ3n) is 4.32. The van der Waals surface area contributed by atoms with Gasteiger partial charge in [-0.1, -0.05) is 12.1 Å². The first-order valence-corrected chi connectivity index (χ1v) is 7.37. The lowest BCUT2D eigenvalue weighted by Gasteiger charge is -2.16. The highest BCUT2D eigenvalue weighted by molar-refractivity contribution is 6.11. The average molecular weight is 305 g/mol. The Hall–Kier alpha value is -3.08. The summed E-state index contributed by atoms with van der Waals surface area (Å²) >= 11 is 0. The molecule has 1 aliphatic heterocycles. The molecule has 3 aromatic rings. The molecule has 5 heteroatoms. The van der Waals surface area contributed by atoms with Crippen molar-refractivity contribution >= 4 is 34.6 Å². The molecule has 0 saturated carbocycles. The second kappa shape index (κ2) is 4.98. The molecular formula is C18H15N3O2. The molecular weight excluding hydrogens is 290 g/mol. The molecule has 1 aliphatic rings. The summed E-state index contributed by atoms with van der Waals surface area (Å²) in [6.07, 6.45) is 2.62. The van der Waals surface area contributed by atoms with Gasteiger partial charge in [0.2, 0.25) is 6.41 Å². The van der Waals surface area contributed by atoms with Crippen molar-refractivity contribution in [1.82, 2.24) is 4.57 Å². The summed E-state index contributed by atoms with van der Waals surface area (Å²) < 4.78 is 2.04. The first kappa shape index (κ1) is 13.6. The van der Waals surface area contributed by atoms with Crippen molar-refractivity contribution in [3.8, 4) is 0 Å². The van der Waals surface area contributed by atoms with E-state index < -0.39 is 0 Å². The first-order chi connectivity index (χ1) is 11.2. The molecule has 0 aliphatic carbocycles. The van der Waals surface area contributed by atoms with Gasteiger partial charge in [-0.25, -0.2) is 0 Å². The molecule has 23 heavy (non-hydrogen) atoms. The maximum atomic E-state index is 12.7. The van der Waals surface area contributed by atoms with Gasteiger partial charge >= 0.3 is 0 Å². The summed E-state index contributed by atoms with van der Waals surface area (Å²) in [6.45, 7) is 0.547. The van der Waals surface area contributed by atoms with Crippen molar-refractivity contribution < 1.29 is 9.59 Å². The molecule has 0 spiro atoms. The molecule has 0 bridgehead atoms. The number of carbonyl (C=O) groups excluding carboxylic acids is 2. The van der Waals surface area contributed by atoms with Gasteiger partial charge in [-0.05, 0) is 41.3 Å². The Morgan fingerprint density at radius 2 is 2.00 bits per heavy atom. The number of aromatic nitrogens is 1. The van der Waals surface area contributed by atoms with E-state index in [0.29, 0.717) is 24.2 Å². The van der Waals surface area contributed by atoms with Gasteiger partial charge in [-0.3, -0.25) is 9.59 Å². The van der Waals surface area contributed by atoms with E-state index in [4.69, 9.17) is 0 Å². The Morgan fingerprint density at radius 1 is 1.13 bits per heavy atom. The van der Waals surface area contributed by atoms with E-state index >= 15 is 0 Å². The van der Waals surface area contributed by atoms with Crippen LogP contribution in [0.1, 0.15) is 15.9 Å². The molecule has 2 aromatic carbocycles. The smallest absolute Gasteiger partial charge is 0.259 e. The third-order valence-corrected chi connectivity index (χ3v) is 4.32. The Bertz CT molecular complexity index is 943. The van der Waals surface area contributed by atoms with Crippen LogP contribution in [-0.2, 0) is 18.4 Å². The highest BCUT2D eigenvalue weighted by Gasteiger charge is 2.28. The highest BCUT2D eigenvalue weighted by Crippen LogP contribution is 2.31. The predicted octanol–water partition coefficient (Wildman–Crippen LogP) is 2.91. The second-order valence-electron chi connectivity index (χ2n) is 5.70. The normalized spacial score (nSPS) is 13.4. The number of nitrogens with one attached hydrogen (secondary N) is 1. The van der Waals surface area contributed by atoms with Crippen LogP contribution in [0.5, 0.6) is 0 Å². The molecule has 2 amide bonds. The number of aryl methyl sites for hydroxylation is 1. The Labute approximate surface area is 133 Å². The largest absolute Gasteiger partial charge is 0.350 e. The molecule has 0 saturated heterocycles. The van der Waals surface area contributed by atoms with Crippen molar-refractivity contribution in [3.05, 3.63) is 59.8 Å². The molecule has 0 atom stereocenters. The van der Waals surface area contributed by atoms with Crippen LogP contribution in [0.25, 0.3) is 10.9 Å². The monoisotopic (exact) mass is 305 g/mol. The first-order valence-electron chi connectivity index (χ1n) is 7.37. The van der Waals surface area contributed by atoms with Crippen molar-refractivity contribution in [2.45, 2.75) is 6.54 Å². The van der Waals surface area contributed by atoms with Crippen molar-refractivity contribution in [3.63, 3.8) is 0 Å². The molecule has 4 rings (SSSR count). The number of benzene rings is 2. The van der Waals surface area contributed by atoms with Crippen LogP contribution in [0.15, 0.2) is 48.7 Å². The van der Waals surface area contributed by atoms with Gasteiger partial charge in [-0.2, -0.15) is 0 Å². The number of fused-ring (bicyclic) bond motifs is 2.